The zero-order valence-corrected chi connectivity index (χ0v) is 11.3. The fraction of sp³-hybridized carbons (Fsp3) is 0.385. The van der Waals surface area contributed by atoms with E-state index in [1.165, 1.54) is 23.8 Å². The standard InChI is InChI=1S/C13H15NO4S/c1-18-11(9-5-3-2-4-6-9)12(15)14-8-19-7-10(14)13(16)17/h2-6,10-11H,7-8H2,1H3,(H,16,17)/t10-,11?/m0/s1. The number of thioether (sulfide) groups is 1. The number of hydrogen-bond acceptors (Lipinski definition) is 4. The molecule has 0 saturated carbocycles. The van der Waals surface area contributed by atoms with E-state index >= 15 is 0 Å². The molecule has 0 aliphatic carbocycles. The number of rotatable bonds is 4. The predicted octanol–water partition coefficient (Wildman–Crippen LogP) is 1.36. The summed E-state index contributed by atoms with van der Waals surface area (Å²) in [4.78, 5) is 24.9. The van der Waals surface area contributed by atoms with Crippen molar-refractivity contribution >= 4 is 23.6 Å². The number of carbonyl (C=O) groups excluding carboxylic acids is 1. The van der Waals surface area contributed by atoms with Gasteiger partial charge in [0.15, 0.2) is 6.10 Å². The lowest BCUT2D eigenvalue weighted by molar-refractivity contribution is -0.152. The van der Waals surface area contributed by atoms with Crippen LogP contribution in [0.4, 0.5) is 0 Å². The van der Waals surface area contributed by atoms with Crippen molar-refractivity contribution in [2.24, 2.45) is 0 Å². The van der Waals surface area contributed by atoms with Gasteiger partial charge >= 0.3 is 5.97 Å². The first-order chi connectivity index (χ1) is 9.15. The maximum Gasteiger partial charge on any atom is 0.327 e. The fourth-order valence-electron chi connectivity index (χ4n) is 2.02. The van der Waals surface area contributed by atoms with Gasteiger partial charge in [-0.25, -0.2) is 4.79 Å². The average Bonchev–Trinajstić information content (AvgIpc) is 2.90. The number of methoxy groups -OCH3 is 1. The van der Waals surface area contributed by atoms with Crippen molar-refractivity contribution in [1.82, 2.24) is 4.90 Å². The first-order valence-corrected chi connectivity index (χ1v) is 6.99. The SMILES string of the molecule is COC(C(=O)N1CSC[C@H]1C(=O)O)c1ccccc1. The summed E-state index contributed by atoms with van der Waals surface area (Å²) in [5, 5.41) is 9.11. The van der Waals surface area contributed by atoms with Gasteiger partial charge in [0.1, 0.15) is 6.04 Å². The van der Waals surface area contributed by atoms with Crippen molar-refractivity contribution in [3.8, 4) is 0 Å². The lowest BCUT2D eigenvalue weighted by Crippen LogP contribution is -2.44. The molecule has 1 amide bonds. The Kier molecular flexibility index (Phi) is 4.44. The summed E-state index contributed by atoms with van der Waals surface area (Å²) in [6, 6.07) is 8.32. The first-order valence-electron chi connectivity index (χ1n) is 5.84. The molecule has 102 valence electrons. The number of carboxylic acids is 1. The third kappa shape index (κ3) is 2.90. The van der Waals surface area contributed by atoms with E-state index < -0.39 is 18.1 Å². The highest BCUT2D eigenvalue weighted by Gasteiger charge is 2.38. The van der Waals surface area contributed by atoms with Crippen LogP contribution >= 0.6 is 11.8 Å². The largest absolute Gasteiger partial charge is 0.480 e. The summed E-state index contributed by atoms with van der Waals surface area (Å²) >= 11 is 1.44. The quantitative estimate of drug-likeness (QED) is 0.902. The molecule has 19 heavy (non-hydrogen) atoms. The van der Waals surface area contributed by atoms with Crippen molar-refractivity contribution in [3.05, 3.63) is 35.9 Å². The molecule has 6 heteroatoms. The van der Waals surface area contributed by atoms with E-state index in [4.69, 9.17) is 9.84 Å². The van der Waals surface area contributed by atoms with Gasteiger partial charge in [0.25, 0.3) is 5.91 Å². The van der Waals surface area contributed by atoms with Gasteiger partial charge in [-0.05, 0) is 5.56 Å². The highest BCUT2D eigenvalue weighted by atomic mass is 32.2. The Balaban J connectivity index is 2.19. The second-order valence-corrected chi connectivity index (χ2v) is 5.19. The summed E-state index contributed by atoms with van der Waals surface area (Å²) in [6.07, 6.45) is -0.748. The van der Waals surface area contributed by atoms with Crippen LogP contribution in [0.1, 0.15) is 11.7 Å². The molecule has 2 atom stereocenters. The van der Waals surface area contributed by atoms with Crippen molar-refractivity contribution < 1.29 is 19.4 Å². The summed E-state index contributed by atoms with van der Waals surface area (Å²) in [7, 11) is 1.45. The van der Waals surface area contributed by atoms with E-state index in [1.807, 2.05) is 18.2 Å². The zero-order valence-electron chi connectivity index (χ0n) is 10.5. The van der Waals surface area contributed by atoms with Crippen LogP contribution in [0, 0.1) is 0 Å². The van der Waals surface area contributed by atoms with Crippen LogP contribution in [0.5, 0.6) is 0 Å². The summed E-state index contributed by atoms with van der Waals surface area (Å²) < 4.78 is 5.25. The van der Waals surface area contributed by atoms with Gasteiger partial charge in [0.05, 0.1) is 5.88 Å². The van der Waals surface area contributed by atoms with Crippen LogP contribution in [0.25, 0.3) is 0 Å². The molecule has 1 saturated heterocycles. The second kappa shape index (κ2) is 6.08. The maximum absolute atomic E-state index is 12.4. The molecular formula is C13H15NO4S. The van der Waals surface area contributed by atoms with Gasteiger partial charge in [0.2, 0.25) is 0 Å². The molecule has 0 aromatic heterocycles. The Morgan fingerprint density at radius 1 is 1.42 bits per heavy atom. The molecule has 1 aromatic carbocycles. The number of carbonyl (C=O) groups is 2. The van der Waals surface area contributed by atoms with Gasteiger partial charge in [-0.15, -0.1) is 11.8 Å². The van der Waals surface area contributed by atoms with E-state index in [-0.39, 0.29) is 5.91 Å². The van der Waals surface area contributed by atoms with Gasteiger partial charge < -0.3 is 14.7 Å². The van der Waals surface area contributed by atoms with Crippen LogP contribution in [0.2, 0.25) is 0 Å². The lowest BCUT2D eigenvalue weighted by atomic mass is 10.1. The van der Waals surface area contributed by atoms with Crippen LogP contribution in [0.15, 0.2) is 30.3 Å². The van der Waals surface area contributed by atoms with E-state index in [0.717, 1.165) is 5.56 Å². The van der Waals surface area contributed by atoms with E-state index in [9.17, 15) is 9.59 Å². The molecule has 2 rings (SSSR count). The van der Waals surface area contributed by atoms with Crippen LogP contribution in [-0.2, 0) is 14.3 Å². The first kappa shape index (κ1) is 13.9. The van der Waals surface area contributed by atoms with Crippen molar-refractivity contribution in [2.45, 2.75) is 12.1 Å². The van der Waals surface area contributed by atoms with Gasteiger partial charge in [-0.1, -0.05) is 30.3 Å². The highest BCUT2D eigenvalue weighted by Crippen LogP contribution is 2.27. The number of nitrogens with zero attached hydrogens (tertiary/aromatic N) is 1. The van der Waals surface area contributed by atoms with E-state index in [0.29, 0.717) is 11.6 Å². The topological polar surface area (TPSA) is 66.8 Å². The molecule has 1 unspecified atom stereocenters. The predicted molar refractivity (Wildman–Crippen MR) is 71.8 cm³/mol. The average molecular weight is 281 g/mol. The normalized spacial score (nSPS) is 20.3. The van der Waals surface area contributed by atoms with Crippen LogP contribution in [0.3, 0.4) is 0 Å². The number of ether oxygens (including phenoxy) is 1. The summed E-state index contributed by atoms with van der Waals surface area (Å²) in [5.74, 6) is -0.457. The Morgan fingerprint density at radius 3 is 2.68 bits per heavy atom. The summed E-state index contributed by atoms with van der Waals surface area (Å²) in [5.41, 5.74) is 0.732. The van der Waals surface area contributed by atoms with Crippen molar-refractivity contribution in [3.63, 3.8) is 0 Å². The molecule has 0 radical (unpaired) electrons. The minimum atomic E-state index is -0.971. The van der Waals surface area contributed by atoms with E-state index in [2.05, 4.69) is 0 Å². The Morgan fingerprint density at radius 2 is 2.11 bits per heavy atom. The third-order valence-corrected chi connectivity index (χ3v) is 4.02. The van der Waals surface area contributed by atoms with Crippen molar-refractivity contribution in [2.75, 3.05) is 18.7 Å². The van der Waals surface area contributed by atoms with Crippen LogP contribution < -0.4 is 0 Å². The van der Waals surface area contributed by atoms with Crippen molar-refractivity contribution in [1.29, 1.82) is 0 Å². The van der Waals surface area contributed by atoms with Gasteiger partial charge in [-0.3, -0.25) is 4.79 Å². The Bertz CT molecular complexity index is 465. The van der Waals surface area contributed by atoms with Gasteiger partial charge in [-0.2, -0.15) is 0 Å². The lowest BCUT2D eigenvalue weighted by Gasteiger charge is -2.25. The second-order valence-electron chi connectivity index (χ2n) is 4.19. The molecular weight excluding hydrogens is 266 g/mol. The maximum atomic E-state index is 12.4. The third-order valence-electron chi connectivity index (χ3n) is 3.01. The Hall–Kier alpha value is -1.53. The zero-order chi connectivity index (χ0) is 13.8. The number of aliphatic carboxylic acids is 1. The molecule has 0 spiro atoms. The minimum Gasteiger partial charge on any atom is -0.480 e. The summed E-state index contributed by atoms with van der Waals surface area (Å²) in [6.45, 7) is 0. The molecule has 5 nitrogen and oxygen atoms in total. The smallest absolute Gasteiger partial charge is 0.327 e. The highest BCUT2D eigenvalue weighted by molar-refractivity contribution is 7.99. The molecule has 1 aliphatic rings. The van der Waals surface area contributed by atoms with Gasteiger partial charge in [0, 0.05) is 12.9 Å². The molecule has 1 aromatic rings. The minimum absolute atomic E-state index is 0.300. The molecule has 1 fully saturated rings. The molecule has 1 heterocycles. The number of hydrogen-bond donors (Lipinski definition) is 1. The molecule has 1 N–H and O–H groups in total. The van der Waals surface area contributed by atoms with Crippen LogP contribution in [-0.4, -0.2) is 46.7 Å². The van der Waals surface area contributed by atoms with E-state index in [1.54, 1.807) is 12.1 Å². The monoisotopic (exact) mass is 281 g/mol. The number of benzene rings is 1. The number of carboxylic acid groups (broad SMARTS) is 1. The number of amides is 1. The molecule has 0 bridgehead atoms. The molecule has 1 aliphatic heterocycles. The Labute approximate surface area is 115 Å². The fourth-order valence-corrected chi connectivity index (χ4v) is 3.18.